The van der Waals surface area contributed by atoms with Crippen molar-refractivity contribution in [2.45, 2.75) is 13.5 Å². The molecule has 0 unspecified atom stereocenters. The SMILES string of the molecule is Cc1cncn(CCNC(=O)c2cc(-c3cccs3)[nH]n2)c1=O. The Hall–Kier alpha value is -2.74. The van der Waals surface area contributed by atoms with Gasteiger partial charge in [-0.1, -0.05) is 6.07 Å². The van der Waals surface area contributed by atoms with Gasteiger partial charge >= 0.3 is 0 Å². The lowest BCUT2D eigenvalue weighted by Gasteiger charge is -2.06. The molecule has 1 amide bonds. The summed E-state index contributed by atoms with van der Waals surface area (Å²) >= 11 is 1.57. The molecule has 0 radical (unpaired) electrons. The smallest absolute Gasteiger partial charge is 0.271 e. The predicted octanol–water partition coefficient (Wildman–Crippen LogP) is 1.43. The van der Waals surface area contributed by atoms with Gasteiger partial charge in [-0.2, -0.15) is 5.10 Å². The molecule has 0 fully saturated rings. The normalized spacial score (nSPS) is 10.7. The number of aromatic amines is 1. The standard InChI is InChI=1S/C15H15N5O2S/c1-10-8-16-9-20(15(10)22)5-4-17-14(21)12-7-11(18-19-12)13-3-2-6-23-13/h2-3,6-9H,4-5H2,1H3,(H,17,21)(H,18,19). The minimum Gasteiger partial charge on any atom is -0.349 e. The molecule has 0 saturated carbocycles. The van der Waals surface area contributed by atoms with Gasteiger partial charge in [0.05, 0.1) is 16.9 Å². The summed E-state index contributed by atoms with van der Waals surface area (Å²) in [7, 11) is 0. The number of aromatic nitrogens is 4. The van der Waals surface area contributed by atoms with Gasteiger partial charge in [0.25, 0.3) is 11.5 Å². The van der Waals surface area contributed by atoms with Crippen LogP contribution in [0.5, 0.6) is 0 Å². The van der Waals surface area contributed by atoms with Crippen LogP contribution in [0.1, 0.15) is 16.1 Å². The molecule has 8 heteroatoms. The highest BCUT2D eigenvalue weighted by Gasteiger charge is 2.11. The van der Waals surface area contributed by atoms with E-state index in [4.69, 9.17) is 0 Å². The number of aryl methyl sites for hydroxylation is 1. The van der Waals surface area contributed by atoms with E-state index in [-0.39, 0.29) is 11.5 Å². The maximum absolute atomic E-state index is 12.1. The Kier molecular flexibility index (Phi) is 4.33. The minimum atomic E-state index is -0.280. The quantitative estimate of drug-likeness (QED) is 0.740. The molecule has 0 aliphatic rings. The number of amides is 1. The van der Waals surface area contributed by atoms with Crippen LogP contribution in [0.2, 0.25) is 0 Å². The van der Waals surface area contributed by atoms with Crippen LogP contribution < -0.4 is 10.9 Å². The molecule has 3 heterocycles. The van der Waals surface area contributed by atoms with Crippen molar-refractivity contribution >= 4 is 17.2 Å². The number of H-pyrrole nitrogens is 1. The van der Waals surface area contributed by atoms with Crippen molar-refractivity contribution in [2.24, 2.45) is 0 Å². The third kappa shape index (κ3) is 3.37. The van der Waals surface area contributed by atoms with E-state index >= 15 is 0 Å². The molecule has 2 N–H and O–H groups in total. The second-order valence-corrected chi connectivity index (χ2v) is 5.92. The van der Waals surface area contributed by atoms with E-state index in [1.165, 1.54) is 17.1 Å². The summed E-state index contributed by atoms with van der Waals surface area (Å²) in [6, 6.07) is 5.60. The van der Waals surface area contributed by atoms with Crippen molar-refractivity contribution in [1.29, 1.82) is 0 Å². The van der Waals surface area contributed by atoms with Crippen molar-refractivity contribution in [1.82, 2.24) is 25.1 Å². The Morgan fingerprint density at radius 3 is 3.13 bits per heavy atom. The summed E-state index contributed by atoms with van der Waals surface area (Å²) in [5, 5.41) is 11.6. The van der Waals surface area contributed by atoms with Crippen molar-refractivity contribution in [3.05, 3.63) is 57.7 Å². The van der Waals surface area contributed by atoms with Gasteiger partial charge < -0.3 is 5.32 Å². The highest BCUT2D eigenvalue weighted by Crippen LogP contribution is 2.22. The predicted molar refractivity (Wildman–Crippen MR) is 87.5 cm³/mol. The first kappa shape index (κ1) is 15.2. The van der Waals surface area contributed by atoms with Crippen LogP contribution >= 0.6 is 11.3 Å². The molecule has 0 aliphatic heterocycles. The Morgan fingerprint density at radius 1 is 1.48 bits per heavy atom. The Bertz CT molecular complexity index is 866. The van der Waals surface area contributed by atoms with Gasteiger partial charge in [0.15, 0.2) is 5.69 Å². The van der Waals surface area contributed by atoms with E-state index in [0.29, 0.717) is 24.3 Å². The zero-order chi connectivity index (χ0) is 16.2. The maximum Gasteiger partial charge on any atom is 0.271 e. The molecule has 0 aromatic carbocycles. The number of nitrogens with one attached hydrogen (secondary N) is 2. The second kappa shape index (κ2) is 6.57. The molecular formula is C15H15N5O2S. The molecule has 0 saturated heterocycles. The summed E-state index contributed by atoms with van der Waals surface area (Å²) in [4.78, 5) is 28.9. The zero-order valence-corrected chi connectivity index (χ0v) is 13.3. The maximum atomic E-state index is 12.1. The van der Waals surface area contributed by atoms with Crippen LogP contribution in [0.4, 0.5) is 0 Å². The molecule has 3 rings (SSSR count). The van der Waals surface area contributed by atoms with E-state index in [0.717, 1.165) is 10.6 Å². The zero-order valence-electron chi connectivity index (χ0n) is 12.4. The van der Waals surface area contributed by atoms with Crippen molar-refractivity contribution < 1.29 is 4.79 Å². The Balaban J connectivity index is 1.60. The number of hydrogen-bond donors (Lipinski definition) is 2. The molecular weight excluding hydrogens is 314 g/mol. The third-order valence-corrected chi connectivity index (χ3v) is 4.21. The van der Waals surface area contributed by atoms with E-state index in [9.17, 15) is 9.59 Å². The van der Waals surface area contributed by atoms with Gasteiger partial charge in [-0.15, -0.1) is 11.3 Å². The molecule has 0 atom stereocenters. The van der Waals surface area contributed by atoms with Crippen molar-refractivity contribution in [3.8, 4) is 10.6 Å². The van der Waals surface area contributed by atoms with Crippen molar-refractivity contribution in [2.75, 3.05) is 6.54 Å². The molecule has 0 bridgehead atoms. The fourth-order valence-corrected chi connectivity index (χ4v) is 2.79. The van der Waals surface area contributed by atoms with E-state index in [1.807, 2.05) is 17.5 Å². The van der Waals surface area contributed by atoms with Gasteiger partial charge in [0.1, 0.15) is 0 Å². The molecule has 0 spiro atoms. The van der Waals surface area contributed by atoms with E-state index < -0.39 is 0 Å². The number of rotatable bonds is 5. The molecule has 23 heavy (non-hydrogen) atoms. The lowest BCUT2D eigenvalue weighted by molar-refractivity contribution is 0.0947. The number of thiophene rings is 1. The lowest BCUT2D eigenvalue weighted by atomic mass is 10.3. The summed E-state index contributed by atoms with van der Waals surface area (Å²) < 4.78 is 1.47. The highest BCUT2D eigenvalue weighted by molar-refractivity contribution is 7.13. The second-order valence-electron chi connectivity index (χ2n) is 4.98. The first-order valence-corrected chi connectivity index (χ1v) is 7.91. The first-order chi connectivity index (χ1) is 11.1. The van der Waals surface area contributed by atoms with Crippen LogP contribution in [0.3, 0.4) is 0 Å². The van der Waals surface area contributed by atoms with Crippen LogP contribution in [-0.4, -0.2) is 32.2 Å². The average molecular weight is 329 g/mol. The van der Waals surface area contributed by atoms with Crippen LogP contribution in [0, 0.1) is 6.92 Å². The fraction of sp³-hybridized carbons (Fsp3) is 0.200. The van der Waals surface area contributed by atoms with Gasteiger partial charge in [-0.3, -0.25) is 19.3 Å². The Morgan fingerprint density at radius 2 is 2.35 bits per heavy atom. The average Bonchev–Trinajstić information content (AvgIpc) is 3.21. The molecule has 3 aromatic rings. The van der Waals surface area contributed by atoms with Gasteiger partial charge in [0.2, 0.25) is 0 Å². The summed E-state index contributed by atoms with van der Waals surface area (Å²) in [6.07, 6.45) is 2.98. The van der Waals surface area contributed by atoms with Crippen LogP contribution in [0.15, 0.2) is 40.9 Å². The summed E-state index contributed by atoms with van der Waals surface area (Å²) in [5.74, 6) is -0.280. The van der Waals surface area contributed by atoms with E-state index in [2.05, 4.69) is 20.5 Å². The number of nitrogens with zero attached hydrogens (tertiary/aromatic N) is 3. The van der Waals surface area contributed by atoms with Gasteiger partial charge in [-0.05, 0) is 24.4 Å². The molecule has 7 nitrogen and oxygen atoms in total. The van der Waals surface area contributed by atoms with Gasteiger partial charge in [-0.25, -0.2) is 4.98 Å². The monoisotopic (exact) mass is 329 g/mol. The third-order valence-electron chi connectivity index (χ3n) is 3.31. The molecule has 118 valence electrons. The van der Waals surface area contributed by atoms with Crippen LogP contribution in [-0.2, 0) is 6.54 Å². The fourth-order valence-electron chi connectivity index (χ4n) is 2.10. The first-order valence-electron chi connectivity index (χ1n) is 7.03. The molecule has 0 aliphatic carbocycles. The van der Waals surface area contributed by atoms with Crippen LogP contribution in [0.25, 0.3) is 10.6 Å². The Labute approximate surface area is 136 Å². The van der Waals surface area contributed by atoms with E-state index in [1.54, 1.807) is 24.3 Å². The molecule has 3 aromatic heterocycles. The number of hydrogen-bond acceptors (Lipinski definition) is 5. The summed E-state index contributed by atoms with van der Waals surface area (Å²) in [6.45, 7) is 2.40. The van der Waals surface area contributed by atoms with Gasteiger partial charge in [0, 0.05) is 24.8 Å². The highest BCUT2D eigenvalue weighted by atomic mass is 32.1. The lowest BCUT2D eigenvalue weighted by Crippen LogP contribution is -2.31. The summed E-state index contributed by atoms with van der Waals surface area (Å²) in [5.41, 5.74) is 1.60. The van der Waals surface area contributed by atoms with Crippen molar-refractivity contribution in [3.63, 3.8) is 0 Å². The minimum absolute atomic E-state index is 0.103. The number of carbonyl (C=O) groups is 1. The number of carbonyl (C=O) groups excluding carboxylic acids is 1. The topological polar surface area (TPSA) is 92.7 Å². The largest absolute Gasteiger partial charge is 0.349 e.